The monoisotopic (exact) mass is 259 g/mol. The standard InChI is InChI=1S/C12H21NO3S/c14-1-2-17(15,16)13-12-6-9-3-10(7-12)5-11(4-9)8-12/h9-11,13-14H,1-8H2. The molecule has 4 rings (SSSR count). The Hall–Kier alpha value is -0.130. The zero-order chi connectivity index (χ0) is 12.1. The van der Waals surface area contributed by atoms with E-state index in [1.54, 1.807) is 0 Å². The first-order valence-corrected chi connectivity index (χ1v) is 8.28. The first-order chi connectivity index (χ1) is 8.00. The molecule has 5 heteroatoms. The molecule has 0 atom stereocenters. The Morgan fingerprint density at radius 2 is 1.53 bits per heavy atom. The highest BCUT2D eigenvalue weighted by molar-refractivity contribution is 7.89. The third-order valence-electron chi connectivity index (χ3n) is 4.77. The molecule has 4 fully saturated rings. The fourth-order valence-electron chi connectivity index (χ4n) is 4.74. The Kier molecular flexibility index (Phi) is 2.76. The minimum absolute atomic E-state index is 0.158. The molecular formula is C12H21NO3S. The van der Waals surface area contributed by atoms with Gasteiger partial charge < -0.3 is 5.11 Å². The molecule has 0 aromatic rings. The minimum Gasteiger partial charge on any atom is -0.395 e. The lowest BCUT2D eigenvalue weighted by atomic mass is 9.53. The minimum atomic E-state index is -3.29. The van der Waals surface area contributed by atoms with Gasteiger partial charge in [0.05, 0.1) is 12.4 Å². The lowest BCUT2D eigenvalue weighted by molar-refractivity contribution is -0.00812. The first-order valence-electron chi connectivity index (χ1n) is 6.63. The van der Waals surface area contributed by atoms with E-state index in [4.69, 9.17) is 5.11 Å². The van der Waals surface area contributed by atoms with Gasteiger partial charge in [-0.25, -0.2) is 13.1 Å². The summed E-state index contributed by atoms with van der Waals surface area (Å²) in [6, 6.07) is 0. The van der Waals surface area contributed by atoms with Crippen LogP contribution in [-0.4, -0.2) is 31.4 Å². The van der Waals surface area contributed by atoms with Crippen molar-refractivity contribution >= 4 is 10.0 Å². The van der Waals surface area contributed by atoms with E-state index in [9.17, 15) is 8.42 Å². The zero-order valence-corrected chi connectivity index (χ0v) is 10.9. The molecule has 0 aromatic heterocycles. The maximum absolute atomic E-state index is 11.8. The highest BCUT2D eigenvalue weighted by atomic mass is 32.2. The summed E-state index contributed by atoms with van der Waals surface area (Å²) in [5.74, 6) is 2.05. The molecule has 17 heavy (non-hydrogen) atoms. The highest BCUT2D eigenvalue weighted by Gasteiger charge is 2.52. The maximum atomic E-state index is 11.8. The zero-order valence-electron chi connectivity index (χ0n) is 10.1. The summed E-state index contributed by atoms with van der Waals surface area (Å²) in [6.07, 6.45) is 6.97. The van der Waals surface area contributed by atoms with Crippen molar-refractivity contribution in [3.05, 3.63) is 0 Å². The Morgan fingerprint density at radius 3 is 1.94 bits per heavy atom. The number of hydrogen-bond donors (Lipinski definition) is 2. The molecule has 2 N–H and O–H groups in total. The molecule has 4 aliphatic rings. The van der Waals surface area contributed by atoms with Crippen LogP contribution in [0.2, 0.25) is 0 Å². The van der Waals surface area contributed by atoms with Crippen molar-refractivity contribution in [1.82, 2.24) is 4.72 Å². The van der Waals surface area contributed by atoms with Gasteiger partial charge in [0.25, 0.3) is 0 Å². The normalized spacial score (nSPS) is 44.2. The van der Waals surface area contributed by atoms with Crippen molar-refractivity contribution in [3.63, 3.8) is 0 Å². The SMILES string of the molecule is O=S(=O)(CCO)NC12CC3CC(CC(C3)C1)C2. The molecule has 0 saturated heterocycles. The predicted octanol–water partition coefficient (Wildman–Crippen LogP) is 0.867. The lowest BCUT2D eigenvalue weighted by Gasteiger charge is -2.56. The molecule has 0 spiro atoms. The fourth-order valence-corrected chi connectivity index (χ4v) is 5.99. The molecule has 98 valence electrons. The van der Waals surface area contributed by atoms with E-state index in [2.05, 4.69) is 4.72 Å². The molecule has 0 radical (unpaired) electrons. The van der Waals surface area contributed by atoms with Gasteiger partial charge in [0.2, 0.25) is 10.0 Å². The fraction of sp³-hybridized carbons (Fsp3) is 1.00. The second-order valence-corrected chi connectivity index (χ2v) is 8.18. The molecule has 0 aliphatic heterocycles. The van der Waals surface area contributed by atoms with Crippen LogP contribution in [0.4, 0.5) is 0 Å². The second-order valence-electron chi connectivity index (χ2n) is 6.34. The molecule has 0 amide bonds. The third kappa shape index (κ3) is 2.25. The van der Waals surface area contributed by atoms with Gasteiger partial charge in [-0.05, 0) is 56.3 Å². The van der Waals surface area contributed by atoms with Crippen LogP contribution in [0, 0.1) is 17.8 Å². The molecule has 0 heterocycles. The number of nitrogens with one attached hydrogen (secondary N) is 1. The Bertz CT molecular complexity index is 369. The smallest absolute Gasteiger partial charge is 0.214 e. The van der Waals surface area contributed by atoms with Crippen LogP contribution in [0.3, 0.4) is 0 Å². The van der Waals surface area contributed by atoms with Crippen LogP contribution in [0.15, 0.2) is 0 Å². The topological polar surface area (TPSA) is 66.4 Å². The maximum Gasteiger partial charge on any atom is 0.214 e. The second kappa shape index (κ2) is 3.93. The van der Waals surface area contributed by atoms with E-state index >= 15 is 0 Å². The number of rotatable bonds is 4. The van der Waals surface area contributed by atoms with Gasteiger partial charge in [0, 0.05) is 5.54 Å². The van der Waals surface area contributed by atoms with Crippen LogP contribution in [0.1, 0.15) is 38.5 Å². The quantitative estimate of drug-likeness (QED) is 0.787. The van der Waals surface area contributed by atoms with Crippen molar-refractivity contribution in [2.45, 2.75) is 44.1 Å². The third-order valence-corrected chi connectivity index (χ3v) is 6.23. The summed E-state index contributed by atoms with van der Waals surface area (Å²) in [7, 11) is -3.29. The summed E-state index contributed by atoms with van der Waals surface area (Å²) in [4.78, 5) is 0. The van der Waals surface area contributed by atoms with Crippen LogP contribution in [0.25, 0.3) is 0 Å². The van der Waals surface area contributed by atoms with Gasteiger partial charge in [-0.3, -0.25) is 0 Å². The number of aliphatic hydroxyl groups is 1. The highest BCUT2D eigenvalue weighted by Crippen LogP contribution is 2.55. The van der Waals surface area contributed by atoms with Gasteiger partial charge in [-0.15, -0.1) is 0 Å². The molecule has 0 unspecified atom stereocenters. The van der Waals surface area contributed by atoms with Crippen molar-refractivity contribution in [3.8, 4) is 0 Å². The van der Waals surface area contributed by atoms with E-state index < -0.39 is 10.0 Å². The van der Waals surface area contributed by atoms with Crippen molar-refractivity contribution < 1.29 is 13.5 Å². The van der Waals surface area contributed by atoms with E-state index in [0.717, 1.165) is 37.0 Å². The van der Waals surface area contributed by atoms with Crippen LogP contribution >= 0.6 is 0 Å². The Labute approximate surface area is 103 Å². The van der Waals surface area contributed by atoms with E-state index in [0.29, 0.717) is 0 Å². The van der Waals surface area contributed by atoms with Gasteiger partial charge in [-0.2, -0.15) is 0 Å². The van der Waals surface area contributed by atoms with E-state index in [1.807, 2.05) is 0 Å². The van der Waals surface area contributed by atoms with Gasteiger partial charge in [0.1, 0.15) is 0 Å². The molecule has 0 aromatic carbocycles. The number of hydrogen-bond acceptors (Lipinski definition) is 3. The van der Waals surface area contributed by atoms with Crippen LogP contribution < -0.4 is 4.72 Å². The largest absolute Gasteiger partial charge is 0.395 e. The first kappa shape index (κ1) is 11.9. The molecule has 4 saturated carbocycles. The lowest BCUT2D eigenvalue weighted by Crippen LogP contribution is -2.60. The summed E-state index contributed by atoms with van der Waals surface area (Å²) in [6.45, 7) is -0.290. The van der Waals surface area contributed by atoms with Crippen LogP contribution in [0.5, 0.6) is 0 Å². The van der Waals surface area contributed by atoms with Gasteiger partial charge in [-0.1, -0.05) is 0 Å². The average molecular weight is 259 g/mol. The van der Waals surface area contributed by atoms with Crippen molar-refractivity contribution in [2.24, 2.45) is 17.8 Å². The van der Waals surface area contributed by atoms with Crippen molar-refractivity contribution in [2.75, 3.05) is 12.4 Å². The number of aliphatic hydroxyl groups excluding tert-OH is 1. The molecular weight excluding hydrogens is 238 g/mol. The number of sulfonamides is 1. The average Bonchev–Trinajstić information content (AvgIpc) is 2.11. The molecule has 4 aliphatic carbocycles. The molecule has 4 bridgehead atoms. The van der Waals surface area contributed by atoms with Gasteiger partial charge >= 0.3 is 0 Å². The summed E-state index contributed by atoms with van der Waals surface area (Å²) < 4.78 is 26.6. The van der Waals surface area contributed by atoms with Crippen molar-refractivity contribution in [1.29, 1.82) is 0 Å². The summed E-state index contributed by atoms with van der Waals surface area (Å²) in [5.41, 5.74) is -0.164. The summed E-state index contributed by atoms with van der Waals surface area (Å²) >= 11 is 0. The summed E-state index contributed by atoms with van der Waals surface area (Å²) in [5, 5.41) is 8.80. The van der Waals surface area contributed by atoms with Gasteiger partial charge in [0.15, 0.2) is 0 Å². The van der Waals surface area contributed by atoms with E-state index in [-0.39, 0.29) is 17.9 Å². The van der Waals surface area contributed by atoms with Crippen LogP contribution in [-0.2, 0) is 10.0 Å². The Morgan fingerprint density at radius 1 is 1.06 bits per heavy atom. The molecule has 4 nitrogen and oxygen atoms in total. The Balaban J connectivity index is 1.78. The predicted molar refractivity (Wildman–Crippen MR) is 64.9 cm³/mol. The van der Waals surface area contributed by atoms with E-state index in [1.165, 1.54) is 19.3 Å².